The molecule has 0 spiro atoms. The van der Waals surface area contributed by atoms with Gasteiger partial charge in [-0.1, -0.05) is 89.5 Å². The van der Waals surface area contributed by atoms with Crippen molar-refractivity contribution in [1.29, 1.82) is 0 Å². The zero-order chi connectivity index (χ0) is 18.7. The molecule has 3 rings (SSSR count). The molecule has 0 aliphatic heterocycles. The first-order valence-electron chi connectivity index (χ1n) is 9.31. The van der Waals surface area contributed by atoms with Crippen LogP contribution in [0.3, 0.4) is 0 Å². The minimum Gasteiger partial charge on any atom is -0.402 e. The molecule has 0 N–H and O–H groups in total. The van der Waals surface area contributed by atoms with E-state index in [1.165, 1.54) is 32.3 Å². The molecular formula is C24H28OSi. The minimum atomic E-state index is -2.56. The summed E-state index contributed by atoms with van der Waals surface area (Å²) in [4.78, 5) is 0. The van der Waals surface area contributed by atoms with Crippen molar-refractivity contribution in [2.24, 2.45) is 0 Å². The van der Waals surface area contributed by atoms with E-state index in [1.54, 1.807) is 0 Å². The molecule has 0 aliphatic carbocycles. The van der Waals surface area contributed by atoms with E-state index in [4.69, 9.17) is 4.43 Å². The van der Waals surface area contributed by atoms with Crippen LogP contribution in [0.2, 0.25) is 0 Å². The maximum atomic E-state index is 6.85. The van der Waals surface area contributed by atoms with Gasteiger partial charge in [-0.15, -0.1) is 0 Å². The van der Waals surface area contributed by atoms with Crippen LogP contribution >= 0.6 is 0 Å². The van der Waals surface area contributed by atoms with Crippen molar-refractivity contribution in [3.05, 3.63) is 89.5 Å². The number of aryl methyl sites for hydroxylation is 3. The van der Waals surface area contributed by atoms with Crippen molar-refractivity contribution >= 4 is 23.9 Å². The normalized spacial score (nSPS) is 11.8. The van der Waals surface area contributed by atoms with Gasteiger partial charge in [0.25, 0.3) is 8.32 Å². The number of rotatable bonds is 5. The Bertz CT molecular complexity index is 735. The molecule has 0 unspecified atom stereocenters. The Hall–Kier alpha value is -2.16. The van der Waals surface area contributed by atoms with Gasteiger partial charge < -0.3 is 4.43 Å². The van der Waals surface area contributed by atoms with Crippen molar-refractivity contribution < 1.29 is 4.43 Å². The summed E-state index contributed by atoms with van der Waals surface area (Å²) in [5.41, 5.74) is 3.82. The first kappa shape index (κ1) is 18.6. The average Bonchev–Trinajstić information content (AvgIpc) is 2.62. The molecule has 134 valence electrons. The molecule has 3 aromatic carbocycles. The monoisotopic (exact) mass is 360 g/mol. The quantitative estimate of drug-likeness (QED) is 0.493. The molecule has 1 nitrogen and oxygen atoms in total. The van der Waals surface area contributed by atoms with Crippen molar-refractivity contribution in [3.63, 3.8) is 0 Å². The largest absolute Gasteiger partial charge is 0.402 e. The minimum absolute atomic E-state index is 0.144. The first-order chi connectivity index (χ1) is 12.4. The van der Waals surface area contributed by atoms with E-state index in [9.17, 15) is 0 Å². The van der Waals surface area contributed by atoms with E-state index in [0.29, 0.717) is 0 Å². The van der Waals surface area contributed by atoms with Gasteiger partial charge in [0.05, 0.1) is 0 Å². The van der Waals surface area contributed by atoms with Gasteiger partial charge in [-0.25, -0.2) is 0 Å². The van der Waals surface area contributed by atoms with E-state index >= 15 is 0 Å². The third-order valence-electron chi connectivity index (χ3n) is 4.79. The lowest BCUT2D eigenvalue weighted by Gasteiger charge is -2.35. The third-order valence-corrected chi connectivity index (χ3v) is 9.05. The molecule has 0 fully saturated rings. The Morgan fingerprint density at radius 2 is 0.808 bits per heavy atom. The average molecular weight is 361 g/mol. The van der Waals surface area contributed by atoms with Crippen LogP contribution in [0.15, 0.2) is 72.8 Å². The Labute approximate surface area is 158 Å². The molecule has 0 aromatic heterocycles. The molecule has 26 heavy (non-hydrogen) atoms. The molecular weight excluding hydrogens is 332 g/mol. The van der Waals surface area contributed by atoms with Crippen molar-refractivity contribution in [2.75, 3.05) is 0 Å². The number of benzene rings is 3. The molecule has 0 atom stereocenters. The third kappa shape index (κ3) is 3.67. The summed E-state index contributed by atoms with van der Waals surface area (Å²) in [6.07, 6.45) is 0.144. The van der Waals surface area contributed by atoms with E-state index in [1.807, 2.05) is 0 Å². The van der Waals surface area contributed by atoms with Gasteiger partial charge in [0.15, 0.2) is 0 Å². The summed E-state index contributed by atoms with van der Waals surface area (Å²) >= 11 is 0. The van der Waals surface area contributed by atoms with Gasteiger partial charge in [-0.05, 0) is 50.2 Å². The zero-order valence-electron chi connectivity index (χ0n) is 16.4. The Kier molecular flexibility index (Phi) is 5.45. The fourth-order valence-corrected chi connectivity index (χ4v) is 7.45. The molecule has 3 aromatic rings. The van der Waals surface area contributed by atoms with Crippen molar-refractivity contribution in [1.82, 2.24) is 0 Å². The predicted octanol–water partition coefficient (Wildman–Crippen LogP) is 4.00. The highest BCUT2D eigenvalue weighted by Gasteiger charge is 2.42. The van der Waals surface area contributed by atoms with E-state index in [2.05, 4.69) is 107 Å². The van der Waals surface area contributed by atoms with Gasteiger partial charge in [-0.3, -0.25) is 0 Å². The topological polar surface area (TPSA) is 9.23 Å². The first-order valence-corrected chi connectivity index (χ1v) is 11.2. The lowest BCUT2D eigenvalue weighted by molar-refractivity contribution is 0.245. The van der Waals surface area contributed by atoms with Crippen LogP contribution in [-0.2, 0) is 4.43 Å². The summed E-state index contributed by atoms with van der Waals surface area (Å²) in [5.74, 6) is 0. The van der Waals surface area contributed by atoms with Gasteiger partial charge in [0.2, 0.25) is 0 Å². The summed E-state index contributed by atoms with van der Waals surface area (Å²) < 4.78 is 6.85. The second kappa shape index (κ2) is 7.61. The summed E-state index contributed by atoms with van der Waals surface area (Å²) in [6.45, 7) is 10.7. The Morgan fingerprint density at radius 1 is 0.538 bits per heavy atom. The standard InChI is InChI=1S/C24H28OSi/c1-18(2)25-26(22-12-6-19(3)7-13-22,23-14-8-20(4)9-15-23)24-16-10-21(5)11-17-24/h6-18H,1-5H3. The fourth-order valence-electron chi connectivity index (χ4n) is 3.42. The second-order valence-corrected chi connectivity index (χ2v) is 10.8. The maximum absolute atomic E-state index is 6.85. The van der Waals surface area contributed by atoms with Crippen LogP contribution in [0.5, 0.6) is 0 Å². The van der Waals surface area contributed by atoms with Crippen LogP contribution in [0, 0.1) is 20.8 Å². The SMILES string of the molecule is Cc1ccc([Si](OC(C)C)(c2ccc(C)cc2)c2ccc(C)cc2)cc1. The summed E-state index contributed by atoms with van der Waals surface area (Å²) in [5, 5.41) is 3.89. The molecule has 0 bridgehead atoms. The highest BCUT2D eigenvalue weighted by molar-refractivity contribution is 7.07. The second-order valence-electron chi connectivity index (χ2n) is 7.45. The molecule has 0 amide bonds. The molecule has 2 heteroatoms. The highest BCUT2D eigenvalue weighted by Crippen LogP contribution is 2.14. The van der Waals surface area contributed by atoms with Crippen LogP contribution in [0.1, 0.15) is 30.5 Å². The van der Waals surface area contributed by atoms with Crippen molar-refractivity contribution in [2.45, 2.75) is 40.7 Å². The lowest BCUT2D eigenvalue weighted by atomic mass is 10.2. The highest BCUT2D eigenvalue weighted by atomic mass is 28.4. The van der Waals surface area contributed by atoms with Gasteiger partial charge in [0, 0.05) is 6.10 Å². The number of hydrogen-bond acceptors (Lipinski definition) is 1. The zero-order valence-corrected chi connectivity index (χ0v) is 17.4. The van der Waals surface area contributed by atoms with Crippen LogP contribution in [0.4, 0.5) is 0 Å². The number of hydrogen-bond donors (Lipinski definition) is 0. The van der Waals surface area contributed by atoms with E-state index in [0.717, 1.165) is 0 Å². The van der Waals surface area contributed by atoms with Crippen LogP contribution < -0.4 is 15.6 Å². The van der Waals surface area contributed by atoms with Crippen molar-refractivity contribution in [3.8, 4) is 0 Å². The molecule has 0 heterocycles. The van der Waals surface area contributed by atoms with Gasteiger partial charge in [-0.2, -0.15) is 0 Å². The van der Waals surface area contributed by atoms with Gasteiger partial charge in [0.1, 0.15) is 0 Å². The van der Waals surface area contributed by atoms with Gasteiger partial charge >= 0.3 is 0 Å². The Balaban J connectivity index is 2.31. The predicted molar refractivity (Wildman–Crippen MR) is 114 cm³/mol. The fraction of sp³-hybridized carbons (Fsp3) is 0.250. The van der Waals surface area contributed by atoms with E-state index < -0.39 is 8.32 Å². The molecule has 0 saturated carbocycles. The Morgan fingerprint density at radius 3 is 1.04 bits per heavy atom. The maximum Gasteiger partial charge on any atom is 0.288 e. The molecule has 0 radical (unpaired) electrons. The van der Waals surface area contributed by atoms with E-state index in [-0.39, 0.29) is 6.10 Å². The molecule has 0 aliphatic rings. The summed E-state index contributed by atoms with van der Waals surface area (Å²) in [6, 6.07) is 26.7. The smallest absolute Gasteiger partial charge is 0.288 e. The van der Waals surface area contributed by atoms with Crippen LogP contribution in [-0.4, -0.2) is 14.4 Å². The summed E-state index contributed by atoms with van der Waals surface area (Å²) in [7, 11) is -2.56. The molecule has 0 saturated heterocycles. The van der Waals surface area contributed by atoms with Crippen LogP contribution in [0.25, 0.3) is 0 Å². The lowest BCUT2D eigenvalue weighted by Crippen LogP contribution is -2.70.